The molecule has 68 heavy (non-hydrogen) atoms. The van der Waals surface area contributed by atoms with Gasteiger partial charge in [-0.1, -0.05) is 103 Å². The molecule has 2 aliphatic rings. The van der Waals surface area contributed by atoms with Crippen molar-refractivity contribution in [3.05, 3.63) is 174 Å². The van der Waals surface area contributed by atoms with Crippen LogP contribution >= 0.6 is 11.8 Å². The quantitative estimate of drug-likeness (QED) is 0.0449. The zero-order valence-electron chi connectivity index (χ0n) is 37.6. The molecule has 10 atom stereocenters. The van der Waals surface area contributed by atoms with Crippen LogP contribution in [0.2, 0.25) is 0 Å². The van der Waals surface area contributed by atoms with E-state index < -0.39 is 97.9 Å². The summed E-state index contributed by atoms with van der Waals surface area (Å²) < 4.78 is 61.4. The van der Waals surface area contributed by atoms with Gasteiger partial charge in [0.25, 0.3) is 0 Å². The molecule has 2 fully saturated rings. The van der Waals surface area contributed by atoms with Gasteiger partial charge in [0.05, 0.1) is 36.0 Å². The van der Waals surface area contributed by atoms with Gasteiger partial charge in [0, 0.05) is 38.0 Å². The van der Waals surface area contributed by atoms with E-state index in [9.17, 15) is 24.0 Å². The Hall–Kier alpha value is -6.40. The number of thioether (sulfide) groups is 1. The molecule has 0 amide bonds. The van der Waals surface area contributed by atoms with E-state index in [1.807, 2.05) is 60.7 Å². The lowest BCUT2D eigenvalue weighted by atomic mass is 9.97. The monoisotopic (exact) mass is 948 g/mol. The Morgan fingerprint density at radius 3 is 1.53 bits per heavy atom. The van der Waals surface area contributed by atoms with E-state index in [-0.39, 0.29) is 29.7 Å². The van der Waals surface area contributed by atoms with E-state index in [4.69, 9.17) is 47.4 Å². The van der Waals surface area contributed by atoms with Crippen molar-refractivity contribution in [2.24, 2.45) is 0 Å². The van der Waals surface area contributed by atoms with Crippen LogP contribution in [0.1, 0.15) is 63.0 Å². The van der Waals surface area contributed by atoms with Crippen molar-refractivity contribution in [3.63, 3.8) is 0 Å². The number of methoxy groups -OCH3 is 1. The molecule has 5 aromatic rings. The van der Waals surface area contributed by atoms with Gasteiger partial charge in [-0.3, -0.25) is 9.59 Å². The predicted octanol–water partition coefficient (Wildman–Crippen LogP) is 7.58. The normalized spacial score (nSPS) is 23.8. The number of esters is 5. The Morgan fingerprint density at radius 1 is 0.544 bits per heavy atom. The number of hydrogen-bond acceptors (Lipinski definition) is 16. The number of carbonyl (C=O) groups is 5. The molecular formula is C52H52O15S. The highest BCUT2D eigenvalue weighted by molar-refractivity contribution is 7.99. The maximum Gasteiger partial charge on any atom is 0.338 e. The summed E-state index contributed by atoms with van der Waals surface area (Å²) in [7, 11) is 1.31. The molecule has 2 saturated heterocycles. The molecule has 2 aliphatic heterocycles. The van der Waals surface area contributed by atoms with E-state index >= 15 is 0 Å². The van der Waals surface area contributed by atoms with Crippen molar-refractivity contribution < 1.29 is 71.3 Å². The van der Waals surface area contributed by atoms with Gasteiger partial charge >= 0.3 is 29.8 Å². The van der Waals surface area contributed by atoms with Crippen LogP contribution in [0.4, 0.5) is 0 Å². The lowest BCUT2D eigenvalue weighted by molar-refractivity contribution is -0.312. The first-order valence-electron chi connectivity index (χ1n) is 22.0. The average molecular weight is 949 g/mol. The molecule has 0 N–H and O–H groups in total. The Kier molecular flexibility index (Phi) is 17.9. The Bertz CT molecular complexity index is 2390. The molecule has 0 saturated carbocycles. The van der Waals surface area contributed by atoms with Crippen molar-refractivity contribution in [2.75, 3.05) is 26.1 Å². The SMILES string of the molecule is CO[C@H]1O[C@H](CO[C@@H]2C[C@@H](OC(C)=O)[C@H](OC(C)=O)[C@@H](CO[C@H](CSc3ccccc3)c3ccccc3)O2)[C@@H](OC(=O)c2ccccc2)[C@H](OC(=O)c2ccccc2)[C@@H]1OC(=O)c1ccccc1. The molecule has 0 unspecified atom stereocenters. The molecule has 5 aromatic carbocycles. The summed E-state index contributed by atoms with van der Waals surface area (Å²) in [6.07, 6.45) is -12.1. The van der Waals surface area contributed by atoms with Crippen LogP contribution in [0.15, 0.2) is 157 Å². The first-order valence-corrected chi connectivity index (χ1v) is 23.0. The summed E-state index contributed by atoms with van der Waals surface area (Å²) in [5.41, 5.74) is 1.42. The van der Waals surface area contributed by atoms with Gasteiger partial charge in [-0.25, -0.2) is 14.4 Å². The molecule has 15 nitrogen and oxygen atoms in total. The van der Waals surface area contributed by atoms with E-state index in [0.717, 1.165) is 10.5 Å². The second-order valence-electron chi connectivity index (χ2n) is 15.7. The van der Waals surface area contributed by atoms with E-state index in [2.05, 4.69) is 0 Å². The summed E-state index contributed by atoms with van der Waals surface area (Å²) in [5.74, 6) is -3.17. The van der Waals surface area contributed by atoms with Gasteiger partial charge < -0.3 is 47.4 Å². The lowest BCUT2D eigenvalue weighted by Gasteiger charge is -2.45. The minimum Gasteiger partial charge on any atom is -0.458 e. The molecule has 0 aromatic heterocycles. The number of rotatable bonds is 19. The highest BCUT2D eigenvalue weighted by Crippen LogP contribution is 2.34. The zero-order valence-corrected chi connectivity index (χ0v) is 38.4. The first kappa shape index (κ1) is 49.5. The van der Waals surface area contributed by atoms with Gasteiger partial charge in [-0.15, -0.1) is 11.8 Å². The molecule has 356 valence electrons. The second kappa shape index (κ2) is 24.6. The van der Waals surface area contributed by atoms with Gasteiger partial charge in [-0.05, 0) is 54.1 Å². The van der Waals surface area contributed by atoms with Gasteiger partial charge in [0.1, 0.15) is 18.3 Å². The number of ether oxygens (including phenoxy) is 10. The Labute approximate surface area is 398 Å². The maximum atomic E-state index is 13.9. The maximum absolute atomic E-state index is 13.9. The van der Waals surface area contributed by atoms with Gasteiger partial charge in [0.2, 0.25) is 0 Å². The van der Waals surface area contributed by atoms with Crippen molar-refractivity contribution in [2.45, 2.75) is 86.6 Å². The Morgan fingerprint density at radius 2 is 1.01 bits per heavy atom. The summed E-state index contributed by atoms with van der Waals surface area (Å²) in [6, 6.07) is 43.9. The van der Waals surface area contributed by atoms with E-state index in [1.54, 1.807) is 103 Å². The smallest absolute Gasteiger partial charge is 0.338 e. The van der Waals surface area contributed by atoms with Crippen LogP contribution in [-0.2, 0) is 57.0 Å². The van der Waals surface area contributed by atoms with E-state index in [1.165, 1.54) is 21.0 Å². The number of hydrogen-bond donors (Lipinski definition) is 0. The minimum absolute atomic E-state index is 0.112. The van der Waals surface area contributed by atoms with Crippen LogP contribution in [0, 0.1) is 0 Å². The molecule has 0 spiro atoms. The first-order chi connectivity index (χ1) is 33.1. The summed E-state index contributed by atoms with van der Waals surface area (Å²) in [6.45, 7) is 1.94. The molecule has 0 bridgehead atoms. The molecular weight excluding hydrogens is 897 g/mol. The van der Waals surface area contributed by atoms with Crippen LogP contribution in [0.3, 0.4) is 0 Å². The fourth-order valence-electron chi connectivity index (χ4n) is 7.72. The van der Waals surface area contributed by atoms with Crippen LogP contribution in [0.5, 0.6) is 0 Å². The third-order valence-corrected chi connectivity index (χ3v) is 12.0. The second-order valence-corrected chi connectivity index (χ2v) is 16.8. The highest BCUT2D eigenvalue weighted by atomic mass is 32.2. The standard InChI is InChI=1S/C52H52O15S/c1-33(53)61-40-29-44(63-41(45(40)62-34(2)54)30-59-43(35-19-9-4-10-20-35)32-68-39-27-17-8-18-28-39)60-31-42-46(65-49(55)36-21-11-5-12-22-36)47(66-50(56)37-23-13-6-14-24-37)48(52(58-3)64-42)67-51(57)38-25-15-7-16-26-38/h4-28,40-48,52H,29-32H2,1-3H3/t40-,41-,42-,43-,44+,45+,46-,47+,48+,52+/m1/s1. The average Bonchev–Trinajstić information content (AvgIpc) is 3.36. The van der Waals surface area contributed by atoms with Crippen LogP contribution in [-0.4, -0.2) is 111 Å². The largest absolute Gasteiger partial charge is 0.458 e. The lowest BCUT2D eigenvalue weighted by Crippen LogP contribution is -2.63. The molecule has 0 aliphatic carbocycles. The summed E-state index contributed by atoms with van der Waals surface area (Å²) >= 11 is 1.60. The van der Waals surface area contributed by atoms with Gasteiger partial charge in [-0.2, -0.15) is 0 Å². The third-order valence-electron chi connectivity index (χ3n) is 10.9. The van der Waals surface area contributed by atoms with Crippen molar-refractivity contribution in [1.82, 2.24) is 0 Å². The fraction of sp³-hybridized carbons (Fsp3) is 0.327. The molecule has 0 radical (unpaired) electrons. The summed E-state index contributed by atoms with van der Waals surface area (Å²) in [5, 5.41) is 0. The van der Waals surface area contributed by atoms with Crippen LogP contribution in [0.25, 0.3) is 0 Å². The Balaban J connectivity index is 1.18. The van der Waals surface area contributed by atoms with Gasteiger partial charge in [0.15, 0.2) is 37.0 Å². The van der Waals surface area contributed by atoms with Crippen molar-refractivity contribution in [1.29, 1.82) is 0 Å². The van der Waals surface area contributed by atoms with Crippen LogP contribution < -0.4 is 0 Å². The third kappa shape index (κ3) is 13.6. The summed E-state index contributed by atoms with van der Waals surface area (Å²) in [4.78, 5) is 67.6. The number of carbonyl (C=O) groups excluding carboxylic acids is 5. The van der Waals surface area contributed by atoms with Crippen molar-refractivity contribution >= 4 is 41.6 Å². The zero-order chi connectivity index (χ0) is 47.8. The van der Waals surface area contributed by atoms with Crippen molar-refractivity contribution in [3.8, 4) is 0 Å². The predicted molar refractivity (Wildman–Crippen MR) is 245 cm³/mol. The molecule has 16 heteroatoms. The fourth-order valence-corrected chi connectivity index (χ4v) is 8.70. The molecule has 7 rings (SSSR count). The number of benzene rings is 5. The topological polar surface area (TPSA) is 178 Å². The van der Waals surface area contributed by atoms with E-state index in [0.29, 0.717) is 5.75 Å². The minimum atomic E-state index is -1.53. The molecule has 2 heterocycles. The highest BCUT2D eigenvalue weighted by Gasteiger charge is 2.54.